The van der Waals surface area contributed by atoms with E-state index in [1.807, 2.05) is 0 Å². The number of imidazole rings is 1. The van der Waals surface area contributed by atoms with Crippen molar-refractivity contribution in [2.24, 2.45) is 11.5 Å². The Morgan fingerprint density at radius 3 is 2.35 bits per heavy atom. The van der Waals surface area contributed by atoms with Gasteiger partial charge in [-0.25, -0.2) is 19.2 Å². The zero-order chi connectivity index (χ0) is 33.3. The maximum absolute atomic E-state index is 14.5. The first-order valence-electron chi connectivity index (χ1n) is 13.8. The maximum Gasteiger partial charge on any atom is 0.335 e. The number of Topliss-reactive ketones (excluding diaryl/α,β-unsaturated/α-hetero) is 1. The molecule has 2 aromatic carbocycles. The minimum absolute atomic E-state index is 0.0212. The van der Waals surface area contributed by atoms with Crippen molar-refractivity contribution in [3.8, 4) is 0 Å². The number of nitrogens with zero attached hydrogens (tertiary/aromatic N) is 3. The second-order valence-corrected chi connectivity index (χ2v) is 10.5. The second kappa shape index (κ2) is 12.4. The Labute approximate surface area is 261 Å². The molecule has 13 nitrogen and oxygen atoms in total. The Morgan fingerprint density at radius 1 is 1.00 bits per heavy atom. The second-order valence-electron chi connectivity index (χ2n) is 10.5. The number of amides is 2. The molecule has 14 heteroatoms. The molecule has 1 aliphatic carbocycles. The van der Waals surface area contributed by atoms with Gasteiger partial charge in [0.1, 0.15) is 22.9 Å². The first-order chi connectivity index (χ1) is 21.8. The molecule has 4 aromatic rings. The van der Waals surface area contributed by atoms with Gasteiger partial charge in [0.15, 0.2) is 0 Å². The standard InChI is InChI=1S/C32H29FN8O5/c1-15-8-18(4-6-21(15)31(45)46)12-38-30(44)23-10-25(41-14-24(29(35)43)40-32(41)39-23)17(3)36-11-19-5-7-22(33)20(9-19)13-37-27-26(34)16(2)28(27)42/h4-10,14,36-37H,2-3,11-13,34H2,1H3,(H2,35,43)(H,38,44)(H,45,46). The number of aryl methyl sites for hydroxylation is 1. The molecule has 46 heavy (non-hydrogen) atoms. The first kappa shape index (κ1) is 31.1. The number of ketones is 1. The summed E-state index contributed by atoms with van der Waals surface area (Å²) in [4.78, 5) is 56.7. The molecule has 2 amide bonds. The van der Waals surface area contributed by atoms with E-state index in [1.165, 1.54) is 28.8 Å². The normalized spacial score (nSPS) is 12.6. The van der Waals surface area contributed by atoms with Gasteiger partial charge in [-0.1, -0.05) is 31.4 Å². The van der Waals surface area contributed by atoms with Crippen LogP contribution in [0.3, 0.4) is 0 Å². The number of allylic oxidation sites excluding steroid dienone is 2. The van der Waals surface area contributed by atoms with Crippen molar-refractivity contribution in [1.29, 1.82) is 0 Å². The monoisotopic (exact) mass is 624 g/mol. The number of primary amides is 1. The highest BCUT2D eigenvalue weighted by molar-refractivity contribution is 6.18. The summed E-state index contributed by atoms with van der Waals surface area (Å²) < 4.78 is 16.0. The highest BCUT2D eigenvalue weighted by Crippen LogP contribution is 2.23. The maximum atomic E-state index is 14.5. The number of rotatable bonds is 12. The summed E-state index contributed by atoms with van der Waals surface area (Å²) in [6.07, 6.45) is 1.37. The van der Waals surface area contributed by atoms with Crippen molar-refractivity contribution in [3.05, 3.63) is 130 Å². The predicted molar refractivity (Wildman–Crippen MR) is 165 cm³/mol. The van der Waals surface area contributed by atoms with Gasteiger partial charge in [-0.15, -0.1) is 0 Å². The fourth-order valence-electron chi connectivity index (χ4n) is 4.80. The quantitative estimate of drug-likeness (QED) is 0.127. The number of hydrogen-bond acceptors (Lipinski definition) is 9. The van der Waals surface area contributed by atoms with E-state index in [9.17, 15) is 28.7 Å². The van der Waals surface area contributed by atoms with Crippen LogP contribution >= 0.6 is 0 Å². The highest BCUT2D eigenvalue weighted by atomic mass is 19.1. The van der Waals surface area contributed by atoms with E-state index < -0.39 is 23.6 Å². The Hall–Kier alpha value is -6.31. The van der Waals surface area contributed by atoms with Gasteiger partial charge >= 0.3 is 5.97 Å². The third-order valence-corrected chi connectivity index (χ3v) is 7.38. The van der Waals surface area contributed by atoms with Crippen LogP contribution in [0.5, 0.6) is 0 Å². The third kappa shape index (κ3) is 6.17. The van der Waals surface area contributed by atoms with Gasteiger partial charge in [0.05, 0.1) is 22.7 Å². The van der Waals surface area contributed by atoms with E-state index in [0.717, 1.165) is 0 Å². The van der Waals surface area contributed by atoms with Crippen LogP contribution in [0.2, 0.25) is 0 Å². The highest BCUT2D eigenvalue weighted by Gasteiger charge is 2.29. The number of nitrogens with two attached hydrogens (primary N) is 2. The van der Waals surface area contributed by atoms with E-state index in [2.05, 4.69) is 39.1 Å². The van der Waals surface area contributed by atoms with Gasteiger partial charge in [-0.3, -0.25) is 18.8 Å². The number of aromatic carboxylic acids is 1. The number of halogens is 1. The lowest BCUT2D eigenvalue weighted by atomic mass is 9.93. The van der Waals surface area contributed by atoms with Crippen molar-refractivity contribution in [2.45, 2.75) is 26.6 Å². The van der Waals surface area contributed by atoms with Gasteiger partial charge < -0.3 is 32.5 Å². The number of aromatic nitrogens is 3. The lowest BCUT2D eigenvalue weighted by Gasteiger charge is -2.22. The van der Waals surface area contributed by atoms with Crippen LogP contribution in [0.15, 0.2) is 78.8 Å². The van der Waals surface area contributed by atoms with Crippen molar-refractivity contribution >= 4 is 35.0 Å². The summed E-state index contributed by atoms with van der Waals surface area (Å²) in [5.74, 6) is -3.16. The van der Waals surface area contributed by atoms with E-state index in [1.54, 1.807) is 31.2 Å². The molecule has 1 aliphatic rings. The number of carbonyl (C=O) groups is 4. The van der Waals surface area contributed by atoms with Gasteiger partial charge in [0.25, 0.3) is 11.8 Å². The Morgan fingerprint density at radius 2 is 1.67 bits per heavy atom. The minimum atomic E-state index is -1.05. The number of nitrogens with one attached hydrogen (secondary N) is 3. The van der Waals surface area contributed by atoms with Crippen LogP contribution in [-0.2, 0) is 24.4 Å². The molecule has 0 spiro atoms. The summed E-state index contributed by atoms with van der Waals surface area (Å²) in [5.41, 5.74) is 14.8. The molecular formula is C32H29FN8O5. The first-order valence-corrected chi connectivity index (χ1v) is 13.8. The summed E-state index contributed by atoms with van der Waals surface area (Å²) in [6, 6.07) is 10.7. The zero-order valence-corrected chi connectivity index (χ0v) is 24.6. The number of carbonyl (C=O) groups excluding carboxylic acids is 3. The molecule has 0 fully saturated rings. The molecule has 2 aromatic heterocycles. The lowest BCUT2D eigenvalue weighted by Crippen LogP contribution is -2.35. The lowest BCUT2D eigenvalue weighted by molar-refractivity contribution is -0.113. The van der Waals surface area contributed by atoms with Crippen LogP contribution in [0, 0.1) is 12.7 Å². The largest absolute Gasteiger partial charge is 0.478 e. The number of hydrogen-bond donors (Lipinski definition) is 6. The zero-order valence-electron chi connectivity index (χ0n) is 24.6. The minimum Gasteiger partial charge on any atom is -0.478 e. The van der Waals surface area contributed by atoms with Crippen molar-refractivity contribution in [3.63, 3.8) is 0 Å². The SMILES string of the molecule is C=C1C(=O)C(NCc2cc(CNC(=C)c3cc(C(=O)NCc4ccc(C(=O)O)c(C)c4)nc4nc(C(N)=O)cn34)ccc2F)=C1N. The van der Waals surface area contributed by atoms with E-state index in [0.29, 0.717) is 33.6 Å². The molecular weight excluding hydrogens is 595 g/mol. The van der Waals surface area contributed by atoms with Gasteiger partial charge in [0, 0.05) is 37.0 Å². The molecule has 5 rings (SSSR count). The molecule has 0 atom stereocenters. The Bertz CT molecular complexity index is 2030. The predicted octanol–water partition coefficient (Wildman–Crippen LogP) is 2.06. The molecule has 0 aliphatic heterocycles. The Kier molecular flexibility index (Phi) is 8.36. The van der Waals surface area contributed by atoms with Crippen molar-refractivity contribution in [1.82, 2.24) is 30.3 Å². The average Bonchev–Trinajstić information content (AvgIpc) is 3.47. The Balaban J connectivity index is 1.33. The molecule has 0 saturated carbocycles. The molecule has 0 bridgehead atoms. The van der Waals surface area contributed by atoms with Crippen LogP contribution in [0.25, 0.3) is 11.5 Å². The number of fused-ring (bicyclic) bond motifs is 1. The van der Waals surface area contributed by atoms with Crippen LogP contribution < -0.4 is 27.4 Å². The molecule has 2 heterocycles. The molecule has 234 valence electrons. The van der Waals surface area contributed by atoms with Gasteiger partial charge in [-0.2, -0.15) is 0 Å². The van der Waals surface area contributed by atoms with E-state index >= 15 is 0 Å². The molecule has 0 saturated heterocycles. The molecule has 0 unspecified atom stereocenters. The smallest absolute Gasteiger partial charge is 0.335 e. The van der Waals surface area contributed by atoms with Gasteiger partial charge in [-0.05, 0) is 47.9 Å². The topological polar surface area (TPSA) is 207 Å². The summed E-state index contributed by atoms with van der Waals surface area (Å²) in [5, 5.41) is 18.0. The van der Waals surface area contributed by atoms with Crippen molar-refractivity contribution < 1.29 is 28.7 Å². The number of carboxylic acid groups (broad SMARTS) is 1. The summed E-state index contributed by atoms with van der Waals surface area (Å²) in [6.45, 7) is 9.62. The summed E-state index contributed by atoms with van der Waals surface area (Å²) >= 11 is 0. The van der Waals surface area contributed by atoms with Crippen LogP contribution in [0.1, 0.15) is 59.3 Å². The van der Waals surface area contributed by atoms with E-state index in [4.69, 9.17) is 11.5 Å². The molecule has 8 N–H and O–H groups in total. The number of carboxylic acids is 1. The van der Waals surface area contributed by atoms with Crippen molar-refractivity contribution in [2.75, 3.05) is 0 Å². The number of benzene rings is 2. The fraction of sp³-hybridized carbons (Fsp3) is 0.125. The van der Waals surface area contributed by atoms with Crippen LogP contribution in [0.4, 0.5) is 4.39 Å². The summed E-state index contributed by atoms with van der Waals surface area (Å²) in [7, 11) is 0. The van der Waals surface area contributed by atoms with Gasteiger partial charge in [0.2, 0.25) is 11.6 Å². The van der Waals surface area contributed by atoms with Crippen LogP contribution in [-0.4, -0.2) is 43.0 Å². The third-order valence-electron chi connectivity index (χ3n) is 7.38. The average molecular weight is 625 g/mol. The molecule has 0 radical (unpaired) electrons. The fourth-order valence-corrected chi connectivity index (χ4v) is 4.80. The van der Waals surface area contributed by atoms with E-state index in [-0.39, 0.29) is 65.1 Å².